The number of carbonyl (C=O) groups excluding carboxylic acids is 1. The Morgan fingerprint density at radius 1 is 1.13 bits per heavy atom. The van der Waals surface area contributed by atoms with Crippen molar-refractivity contribution in [3.63, 3.8) is 0 Å². The van der Waals surface area contributed by atoms with Crippen molar-refractivity contribution in [1.29, 1.82) is 0 Å². The average molecular weight is 420 g/mol. The standard InChI is InChI=1S/C23H22ClN5O/c24-14-5-6-16-15(11-14)21(25-19-12-29-9-7-13(19)8-10-29)20(23(30)28-16)22-26-17-3-1-2-4-18(17)27-22/h1-6,11,13,19-20H,7-10,12H2,(H,26,27)(H,28,30). The molecule has 1 aromatic heterocycles. The van der Waals surface area contributed by atoms with Crippen LogP contribution in [0.15, 0.2) is 47.5 Å². The maximum absolute atomic E-state index is 13.2. The largest absolute Gasteiger partial charge is 0.341 e. The number of nitrogens with one attached hydrogen (secondary N) is 2. The van der Waals surface area contributed by atoms with E-state index in [1.807, 2.05) is 36.4 Å². The van der Waals surface area contributed by atoms with Gasteiger partial charge in [-0.25, -0.2) is 4.98 Å². The van der Waals surface area contributed by atoms with E-state index in [0.29, 0.717) is 16.8 Å². The van der Waals surface area contributed by atoms with Crippen LogP contribution < -0.4 is 5.32 Å². The van der Waals surface area contributed by atoms with E-state index in [1.165, 1.54) is 12.8 Å². The van der Waals surface area contributed by atoms with Gasteiger partial charge in [0.15, 0.2) is 0 Å². The fraction of sp³-hybridized carbons (Fsp3) is 0.348. The van der Waals surface area contributed by atoms with Crippen molar-refractivity contribution in [2.45, 2.75) is 24.8 Å². The van der Waals surface area contributed by atoms with Crippen molar-refractivity contribution in [3.05, 3.63) is 58.9 Å². The summed E-state index contributed by atoms with van der Waals surface area (Å²) in [5, 5.41) is 3.67. The maximum atomic E-state index is 13.2. The van der Waals surface area contributed by atoms with Crippen LogP contribution in [0.4, 0.5) is 5.69 Å². The third kappa shape index (κ3) is 2.94. The van der Waals surface area contributed by atoms with Crippen LogP contribution >= 0.6 is 11.6 Å². The van der Waals surface area contributed by atoms with Crippen LogP contribution in [0.2, 0.25) is 5.02 Å². The highest BCUT2D eigenvalue weighted by Crippen LogP contribution is 2.36. The molecular formula is C23H22ClN5O. The minimum Gasteiger partial charge on any atom is -0.341 e. The van der Waals surface area contributed by atoms with E-state index in [0.717, 1.165) is 47.6 Å². The fourth-order valence-corrected chi connectivity index (χ4v) is 5.26. The molecule has 3 fully saturated rings. The van der Waals surface area contributed by atoms with E-state index in [2.05, 4.69) is 15.2 Å². The number of anilines is 1. The minimum atomic E-state index is -0.584. The summed E-state index contributed by atoms with van der Waals surface area (Å²) in [5.41, 5.74) is 4.19. The molecule has 3 aromatic rings. The lowest BCUT2D eigenvalue weighted by Gasteiger charge is -2.43. The molecule has 2 atom stereocenters. The highest BCUT2D eigenvalue weighted by Gasteiger charge is 2.39. The van der Waals surface area contributed by atoms with Crippen LogP contribution in [0, 0.1) is 5.92 Å². The number of para-hydroxylation sites is 2. The number of rotatable bonds is 2. The number of carbonyl (C=O) groups is 1. The summed E-state index contributed by atoms with van der Waals surface area (Å²) in [7, 11) is 0. The molecule has 4 aliphatic rings. The third-order valence-electron chi connectivity index (χ3n) is 6.66. The summed E-state index contributed by atoms with van der Waals surface area (Å²) < 4.78 is 0. The highest BCUT2D eigenvalue weighted by molar-refractivity contribution is 6.32. The summed E-state index contributed by atoms with van der Waals surface area (Å²) in [6, 6.07) is 13.6. The number of hydrogen-bond acceptors (Lipinski definition) is 4. The quantitative estimate of drug-likeness (QED) is 0.662. The van der Waals surface area contributed by atoms with Gasteiger partial charge in [-0.05, 0) is 62.2 Å². The monoisotopic (exact) mass is 419 g/mol. The third-order valence-corrected chi connectivity index (χ3v) is 6.89. The first kappa shape index (κ1) is 18.1. The van der Waals surface area contributed by atoms with Gasteiger partial charge in [0.25, 0.3) is 0 Å². The van der Waals surface area contributed by atoms with Crippen molar-refractivity contribution in [2.75, 3.05) is 25.0 Å². The number of nitrogens with zero attached hydrogens (tertiary/aromatic N) is 3. The molecule has 0 radical (unpaired) electrons. The second-order valence-corrected chi connectivity index (χ2v) is 8.91. The summed E-state index contributed by atoms with van der Waals surface area (Å²) in [4.78, 5) is 29.0. The van der Waals surface area contributed by atoms with E-state index in [9.17, 15) is 4.79 Å². The number of H-pyrrole nitrogens is 1. The fourth-order valence-electron chi connectivity index (χ4n) is 5.09. The maximum Gasteiger partial charge on any atom is 0.241 e. The SMILES string of the molecule is O=C1Nc2ccc(Cl)cc2C(=NC2CN3CCC2CC3)C1c1nc2ccccc2[nH]1. The summed E-state index contributed by atoms with van der Waals surface area (Å²) in [5.74, 6) is 0.508. The Morgan fingerprint density at radius 2 is 1.97 bits per heavy atom. The molecule has 4 aliphatic heterocycles. The van der Waals surface area contributed by atoms with Crippen LogP contribution in [0.25, 0.3) is 11.0 Å². The molecule has 1 amide bonds. The van der Waals surface area contributed by atoms with Crippen molar-refractivity contribution < 1.29 is 4.79 Å². The van der Waals surface area contributed by atoms with Crippen molar-refractivity contribution in [1.82, 2.24) is 14.9 Å². The molecule has 0 saturated carbocycles. The predicted molar refractivity (Wildman–Crippen MR) is 118 cm³/mol. The summed E-state index contributed by atoms with van der Waals surface area (Å²) in [6.07, 6.45) is 2.34. The first-order valence-electron chi connectivity index (χ1n) is 10.5. The highest BCUT2D eigenvalue weighted by atomic mass is 35.5. The molecule has 5 heterocycles. The first-order chi connectivity index (χ1) is 14.7. The second kappa shape index (κ2) is 6.93. The van der Waals surface area contributed by atoms with Crippen LogP contribution in [-0.2, 0) is 4.79 Å². The second-order valence-electron chi connectivity index (χ2n) is 8.47. The van der Waals surface area contributed by atoms with Crippen LogP contribution in [0.1, 0.15) is 30.1 Å². The molecule has 0 aliphatic carbocycles. The predicted octanol–water partition coefficient (Wildman–Crippen LogP) is 3.84. The zero-order valence-electron chi connectivity index (χ0n) is 16.4. The lowest BCUT2D eigenvalue weighted by Crippen LogP contribution is -2.50. The lowest BCUT2D eigenvalue weighted by molar-refractivity contribution is -0.116. The first-order valence-corrected chi connectivity index (χ1v) is 10.9. The smallest absolute Gasteiger partial charge is 0.241 e. The molecule has 2 unspecified atom stereocenters. The molecule has 0 spiro atoms. The number of benzene rings is 2. The van der Waals surface area contributed by atoms with Gasteiger partial charge in [-0.1, -0.05) is 23.7 Å². The number of halogens is 1. The number of imidazole rings is 1. The molecule has 2 N–H and O–H groups in total. The van der Waals surface area contributed by atoms with Crippen LogP contribution in [-0.4, -0.2) is 52.2 Å². The number of fused-ring (bicyclic) bond motifs is 5. The number of amides is 1. The zero-order chi connectivity index (χ0) is 20.2. The van der Waals surface area contributed by atoms with Gasteiger partial charge in [-0.3, -0.25) is 9.79 Å². The van der Waals surface area contributed by atoms with Crippen molar-refractivity contribution >= 4 is 39.9 Å². The number of aromatic nitrogens is 2. The topological polar surface area (TPSA) is 73.4 Å². The Morgan fingerprint density at radius 3 is 2.73 bits per heavy atom. The molecule has 7 rings (SSSR count). The van der Waals surface area contributed by atoms with Gasteiger partial charge >= 0.3 is 0 Å². The van der Waals surface area contributed by atoms with Crippen LogP contribution in [0.5, 0.6) is 0 Å². The Balaban J connectivity index is 1.51. The Kier molecular flexibility index (Phi) is 4.18. The van der Waals surface area contributed by atoms with Gasteiger partial charge in [0.2, 0.25) is 5.91 Å². The Labute approximate surface area is 179 Å². The normalized spacial score (nSPS) is 29.2. The Hall–Kier alpha value is -2.70. The van der Waals surface area contributed by atoms with E-state index in [4.69, 9.17) is 21.6 Å². The van der Waals surface area contributed by atoms with E-state index in [-0.39, 0.29) is 11.9 Å². The van der Waals surface area contributed by atoms with E-state index < -0.39 is 5.92 Å². The molecule has 30 heavy (non-hydrogen) atoms. The minimum absolute atomic E-state index is 0.107. The van der Waals surface area contributed by atoms with Gasteiger partial charge in [0.05, 0.1) is 22.8 Å². The summed E-state index contributed by atoms with van der Waals surface area (Å²) >= 11 is 6.34. The lowest BCUT2D eigenvalue weighted by atomic mass is 9.83. The molecule has 2 bridgehead atoms. The summed E-state index contributed by atoms with van der Waals surface area (Å²) in [6.45, 7) is 3.27. The number of hydrogen-bond donors (Lipinski definition) is 2. The van der Waals surface area contributed by atoms with Gasteiger partial charge in [0, 0.05) is 22.8 Å². The molecule has 152 valence electrons. The van der Waals surface area contributed by atoms with Crippen molar-refractivity contribution in [2.24, 2.45) is 10.9 Å². The van der Waals surface area contributed by atoms with Gasteiger partial charge in [0.1, 0.15) is 11.7 Å². The molecule has 2 aromatic carbocycles. The van der Waals surface area contributed by atoms with E-state index >= 15 is 0 Å². The molecule has 7 heteroatoms. The molecule has 3 saturated heterocycles. The Bertz CT molecular complexity index is 1140. The van der Waals surface area contributed by atoms with Crippen molar-refractivity contribution in [3.8, 4) is 0 Å². The van der Waals surface area contributed by atoms with Gasteiger partial charge in [-0.2, -0.15) is 0 Å². The van der Waals surface area contributed by atoms with Gasteiger partial charge < -0.3 is 15.2 Å². The van der Waals surface area contributed by atoms with E-state index in [1.54, 1.807) is 6.07 Å². The van der Waals surface area contributed by atoms with Gasteiger partial charge in [-0.15, -0.1) is 0 Å². The number of aromatic amines is 1. The number of aliphatic imine (C=N–C) groups is 1. The average Bonchev–Trinajstić information content (AvgIpc) is 3.19. The molecular weight excluding hydrogens is 398 g/mol. The zero-order valence-corrected chi connectivity index (χ0v) is 17.2. The van der Waals surface area contributed by atoms with Crippen LogP contribution in [0.3, 0.4) is 0 Å². The number of piperidine rings is 3. The molecule has 6 nitrogen and oxygen atoms in total.